The van der Waals surface area contributed by atoms with Crippen LogP contribution in [-0.4, -0.2) is 14.8 Å². The molecule has 0 radical (unpaired) electrons. The summed E-state index contributed by atoms with van der Waals surface area (Å²) in [7, 11) is 0. The summed E-state index contributed by atoms with van der Waals surface area (Å²) in [5.41, 5.74) is 4.25. The lowest BCUT2D eigenvalue weighted by atomic mass is 10.1. The molecule has 3 nitrogen and oxygen atoms in total. The first-order valence-electron chi connectivity index (χ1n) is 6.40. The molecule has 3 aromatic rings. The summed E-state index contributed by atoms with van der Waals surface area (Å²) in [5.74, 6) is 0.638. The Balaban J connectivity index is 2.05. The molecule has 0 amide bonds. The van der Waals surface area contributed by atoms with Crippen LogP contribution in [0.25, 0.3) is 17.1 Å². The first-order valence-corrected chi connectivity index (χ1v) is 6.78. The van der Waals surface area contributed by atoms with Crippen LogP contribution in [0.3, 0.4) is 0 Å². The third-order valence-corrected chi connectivity index (χ3v) is 3.37. The van der Waals surface area contributed by atoms with Gasteiger partial charge < -0.3 is 0 Å². The third kappa shape index (κ3) is 2.45. The molecule has 0 saturated heterocycles. The summed E-state index contributed by atoms with van der Waals surface area (Å²) in [6.45, 7) is 4.09. The van der Waals surface area contributed by atoms with Gasteiger partial charge in [0.05, 0.1) is 5.69 Å². The van der Waals surface area contributed by atoms with Gasteiger partial charge in [-0.2, -0.15) is 4.98 Å². The molecule has 0 spiro atoms. The number of aromatic nitrogens is 3. The van der Waals surface area contributed by atoms with Crippen molar-refractivity contribution in [2.24, 2.45) is 0 Å². The van der Waals surface area contributed by atoms with Gasteiger partial charge in [0.1, 0.15) is 0 Å². The maximum atomic E-state index is 6.20. The number of hydrogen-bond acceptors (Lipinski definition) is 2. The number of rotatable bonds is 2. The highest BCUT2D eigenvalue weighted by atomic mass is 35.5. The molecular formula is C16H14ClN3. The molecule has 4 heteroatoms. The van der Waals surface area contributed by atoms with E-state index in [2.05, 4.69) is 10.1 Å². The monoisotopic (exact) mass is 283 g/mol. The van der Waals surface area contributed by atoms with E-state index in [9.17, 15) is 0 Å². The second kappa shape index (κ2) is 5.10. The Kier molecular flexibility index (Phi) is 3.28. The maximum absolute atomic E-state index is 6.20. The van der Waals surface area contributed by atoms with Crippen molar-refractivity contribution in [1.82, 2.24) is 14.8 Å². The lowest BCUT2D eigenvalue weighted by molar-refractivity contribution is 0.882. The zero-order valence-electron chi connectivity index (χ0n) is 11.3. The average molecular weight is 284 g/mol. The smallest absolute Gasteiger partial charge is 0.203 e. The first kappa shape index (κ1) is 12.9. The van der Waals surface area contributed by atoms with Crippen molar-refractivity contribution in [3.05, 3.63) is 64.9 Å². The van der Waals surface area contributed by atoms with Gasteiger partial charge >= 0.3 is 0 Å². The molecule has 0 aliphatic carbocycles. The second-order valence-corrected chi connectivity index (χ2v) is 5.16. The van der Waals surface area contributed by atoms with Crippen molar-refractivity contribution in [1.29, 1.82) is 0 Å². The summed E-state index contributed by atoms with van der Waals surface area (Å²) in [5, 5.41) is 4.86. The summed E-state index contributed by atoms with van der Waals surface area (Å²) < 4.78 is 1.65. The molecule has 0 fully saturated rings. The average Bonchev–Trinajstić information content (AvgIpc) is 2.82. The van der Waals surface area contributed by atoms with Crippen LogP contribution in [0.15, 0.2) is 48.5 Å². The Bertz CT molecular complexity index is 745. The zero-order valence-corrected chi connectivity index (χ0v) is 12.1. The zero-order chi connectivity index (χ0) is 14.1. The van der Waals surface area contributed by atoms with E-state index in [0.717, 1.165) is 11.3 Å². The molecule has 0 N–H and O–H groups in total. The van der Waals surface area contributed by atoms with E-state index < -0.39 is 0 Å². The van der Waals surface area contributed by atoms with Gasteiger partial charge in [-0.3, -0.25) is 0 Å². The van der Waals surface area contributed by atoms with Crippen molar-refractivity contribution in [2.75, 3.05) is 0 Å². The van der Waals surface area contributed by atoms with Gasteiger partial charge in [0.15, 0.2) is 5.82 Å². The van der Waals surface area contributed by atoms with Crippen molar-refractivity contribution < 1.29 is 0 Å². The van der Waals surface area contributed by atoms with Crippen LogP contribution in [0.1, 0.15) is 11.1 Å². The van der Waals surface area contributed by atoms with Crippen LogP contribution in [-0.2, 0) is 0 Å². The van der Waals surface area contributed by atoms with Crippen LogP contribution >= 0.6 is 11.6 Å². The number of benzene rings is 2. The summed E-state index contributed by atoms with van der Waals surface area (Å²) in [6.07, 6.45) is 0. The predicted octanol–water partition coefficient (Wildman–Crippen LogP) is 4.20. The van der Waals surface area contributed by atoms with Crippen LogP contribution < -0.4 is 0 Å². The molecule has 2 aromatic carbocycles. The molecule has 0 atom stereocenters. The maximum Gasteiger partial charge on any atom is 0.226 e. The van der Waals surface area contributed by atoms with Gasteiger partial charge in [-0.15, -0.1) is 5.10 Å². The van der Waals surface area contributed by atoms with Crippen LogP contribution in [0.2, 0.25) is 5.28 Å². The summed E-state index contributed by atoms with van der Waals surface area (Å²) in [6, 6.07) is 16.1. The Morgan fingerprint density at radius 1 is 0.950 bits per heavy atom. The Labute approximate surface area is 122 Å². The van der Waals surface area contributed by atoms with E-state index >= 15 is 0 Å². The molecular weight excluding hydrogens is 270 g/mol. The molecule has 1 heterocycles. The fourth-order valence-electron chi connectivity index (χ4n) is 2.05. The van der Waals surface area contributed by atoms with E-state index in [1.165, 1.54) is 11.1 Å². The number of nitrogens with zero attached hydrogens (tertiary/aromatic N) is 3. The highest BCUT2D eigenvalue weighted by Gasteiger charge is 2.11. The van der Waals surface area contributed by atoms with Gasteiger partial charge in [0.2, 0.25) is 5.28 Å². The van der Waals surface area contributed by atoms with Crippen molar-refractivity contribution >= 4 is 11.6 Å². The molecule has 0 aliphatic heterocycles. The molecule has 0 unspecified atom stereocenters. The fourth-order valence-corrected chi connectivity index (χ4v) is 2.27. The van der Waals surface area contributed by atoms with Crippen molar-refractivity contribution in [3.63, 3.8) is 0 Å². The number of halogens is 1. The van der Waals surface area contributed by atoms with Gasteiger partial charge in [-0.25, -0.2) is 4.68 Å². The Morgan fingerprint density at radius 2 is 1.70 bits per heavy atom. The van der Waals surface area contributed by atoms with Gasteiger partial charge in [0.25, 0.3) is 0 Å². The van der Waals surface area contributed by atoms with E-state index in [0.29, 0.717) is 11.1 Å². The standard InChI is InChI=1S/C16H14ClN3/c1-11-6-8-14(9-7-11)20-16(17)18-15(19-20)13-5-3-4-12(2)10-13/h3-10H,1-2H3. The minimum Gasteiger partial charge on any atom is -0.203 e. The first-order chi connectivity index (χ1) is 9.63. The molecule has 20 heavy (non-hydrogen) atoms. The van der Waals surface area contributed by atoms with Crippen LogP contribution in [0, 0.1) is 13.8 Å². The van der Waals surface area contributed by atoms with Crippen molar-refractivity contribution in [2.45, 2.75) is 13.8 Å². The normalized spacial score (nSPS) is 10.8. The molecule has 100 valence electrons. The van der Waals surface area contributed by atoms with Gasteiger partial charge in [0, 0.05) is 5.56 Å². The minimum atomic E-state index is 0.366. The van der Waals surface area contributed by atoms with Crippen molar-refractivity contribution in [3.8, 4) is 17.1 Å². The highest BCUT2D eigenvalue weighted by molar-refractivity contribution is 6.28. The van der Waals surface area contributed by atoms with E-state index in [1.54, 1.807) is 4.68 Å². The van der Waals surface area contributed by atoms with E-state index in [-0.39, 0.29) is 0 Å². The molecule has 0 saturated carbocycles. The number of hydrogen-bond donors (Lipinski definition) is 0. The topological polar surface area (TPSA) is 30.7 Å². The predicted molar refractivity (Wildman–Crippen MR) is 81.3 cm³/mol. The quantitative estimate of drug-likeness (QED) is 0.705. The lowest BCUT2D eigenvalue weighted by Crippen LogP contribution is -1.96. The SMILES string of the molecule is Cc1ccc(-n2nc(-c3cccc(C)c3)nc2Cl)cc1. The molecule has 1 aromatic heterocycles. The van der Waals surface area contributed by atoms with E-state index in [4.69, 9.17) is 11.6 Å². The Morgan fingerprint density at radius 3 is 2.40 bits per heavy atom. The largest absolute Gasteiger partial charge is 0.226 e. The summed E-state index contributed by atoms with van der Waals surface area (Å²) >= 11 is 6.20. The highest BCUT2D eigenvalue weighted by Crippen LogP contribution is 2.21. The molecule has 0 aliphatic rings. The second-order valence-electron chi connectivity index (χ2n) is 4.82. The van der Waals surface area contributed by atoms with Crippen LogP contribution in [0.4, 0.5) is 0 Å². The third-order valence-electron chi connectivity index (χ3n) is 3.12. The lowest BCUT2D eigenvalue weighted by Gasteiger charge is -2.01. The van der Waals surface area contributed by atoms with Crippen LogP contribution in [0.5, 0.6) is 0 Å². The summed E-state index contributed by atoms with van der Waals surface area (Å²) in [4.78, 5) is 4.34. The number of aryl methyl sites for hydroxylation is 2. The Hall–Kier alpha value is -2.13. The molecule has 3 rings (SSSR count). The molecule has 0 bridgehead atoms. The van der Waals surface area contributed by atoms with E-state index in [1.807, 2.05) is 62.4 Å². The minimum absolute atomic E-state index is 0.366. The van der Waals surface area contributed by atoms with Gasteiger partial charge in [-0.05, 0) is 43.6 Å². The van der Waals surface area contributed by atoms with Gasteiger partial charge in [-0.1, -0.05) is 41.5 Å². The fraction of sp³-hybridized carbons (Fsp3) is 0.125.